The van der Waals surface area contributed by atoms with Crippen LogP contribution in [0.2, 0.25) is 0 Å². The van der Waals surface area contributed by atoms with Crippen molar-refractivity contribution in [3.63, 3.8) is 0 Å². The van der Waals surface area contributed by atoms with Crippen LogP contribution in [0.1, 0.15) is 31.3 Å². The fourth-order valence-corrected chi connectivity index (χ4v) is 2.80. The summed E-state index contributed by atoms with van der Waals surface area (Å²) in [7, 11) is 1.59. The number of para-hydroxylation sites is 3. The van der Waals surface area contributed by atoms with Gasteiger partial charge in [0, 0.05) is 12.5 Å². The molecule has 8 nitrogen and oxygen atoms in total. The Bertz CT molecular complexity index is 1070. The van der Waals surface area contributed by atoms with E-state index in [0.29, 0.717) is 35.9 Å². The predicted molar refractivity (Wildman–Crippen MR) is 118 cm³/mol. The van der Waals surface area contributed by atoms with Crippen molar-refractivity contribution in [2.45, 2.75) is 26.4 Å². The highest BCUT2D eigenvalue weighted by molar-refractivity contribution is 6.07. The largest absolute Gasteiger partial charge is 0.487 e. The molecule has 2 amide bonds. The fraction of sp³-hybridized carbons (Fsp3) is 0.304. The van der Waals surface area contributed by atoms with Crippen LogP contribution in [-0.2, 0) is 9.47 Å². The molecule has 0 bridgehead atoms. The number of amides is 2. The van der Waals surface area contributed by atoms with Gasteiger partial charge in [-0.1, -0.05) is 24.3 Å². The number of anilines is 2. The van der Waals surface area contributed by atoms with Gasteiger partial charge in [0.2, 0.25) is 0 Å². The SMILES string of the molecule is COCCOc1cccc2cc(C(=O)Nc3ccccc3NC(=O)OC(C)(C)C)oc12. The van der Waals surface area contributed by atoms with Gasteiger partial charge in [-0.05, 0) is 45.0 Å². The molecule has 2 N–H and O–H groups in total. The monoisotopic (exact) mass is 426 g/mol. The molecular weight excluding hydrogens is 400 g/mol. The Morgan fingerprint density at radius 3 is 2.35 bits per heavy atom. The maximum atomic E-state index is 12.8. The molecule has 0 saturated carbocycles. The molecule has 0 saturated heterocycles. The maximum absolute atomic E-state index is 12.8. The minimum atomic E-state index is -0.639. The van der Waals surface area contributed by atoms with Gasteiger partial charge in [0.05, 0.1) is 18.0 Å². The molecule has 8 heteroatoms. The number of rotatable bonds is 7. The summed E-state index contributed by atoms with van der Waals surface area (Å²) in [5.74, 6) is 0.183. The van der Waals surface area contributed by atoms with E-state index in [1.165, 1.54) is 0 Å². The lowest BCUT2D eigenvalue weighted by molar-refractivity contribution is 0.0635. The maximum Gasteiger partial charge on any atom is 0.412 e. The molecule has 0 aliphatic carbocycles. The van der Waals surface area contributed by atoms with Crippen LogP contribution in [0.4, 0.5) is 16.2 Å². The Morgan fingerprint density at radius 2 is 1.68 bits per heavy atom. The fourth-order valence-electron chi connectivity index (χ4n) is 2.80. The number of carbonyl (C=O) groups excluding carboxylic acids is 2. The van der Waals surface area contributed by atoms with Gasteiger partial charge in [-0.3, -0.25) is 10.1 Å². The second-order valence-electron chi connectivity index (χ2n) is 7.75. The van der Waals surface area contributed by atoms with Crippen molar-refractivity contribution in [1.29, 1.82) is 0 Å². The van der Waals surface area contributed by atoms with E-state index in [4.69, 9.17) is 18.6 Å². The third kappa shape index (κ3) is 5.99. The number of hydrogen-bond donors (Lipinski definition) is 2. The second kappa shape index (κ2) is 9.53. The molecule has 0 fully saturated rings. The topological polar surface area (TPSA) is 99.0 Å². The van der Waals surface area contributed by atoms with Crippen LogP contribution in [0.25, 0.3) is 11.0 Å². The average Bonchev–Trinajstić information content (AvgIpc) is 3.13. The smallest absolute Gasteiger partial charge is 0.412 e. The van der Waals surface area contributed by atoms with Crippen LogP contribution in [0.15, 0.2) is 52.9 Å². The summed E-state index contributed by atoms with van der Waals surface area (Å²) in [6, 6.07) is 13.9. The Balaban J connectivity index is 1.77. The van der Waals surface area contributed by atoms with Gasteiger partial charge in [0.25, 0.3) is 5.91 Å². The summed E-state index contributed by atoms with van der Waals surface area (Å²) in [6.45, 7) is 6.12. The third-order valence-corrected chi connectivity index (χ3v) is 4.09. The Morgan fingerprint density at radius 1 is 0.968 bits per heavy atom. The molecule has 0 spiro atoms. The lowest BCUT2D eigenvalue weighted by Gasteiger charge is -2.20. The summed E-state index contributed by atoms with van der Waals surface area (Å²) < 4.78 is 21.7. The Hall–Kier alpha value is -3.52. The minimum Gasteiger partial charge on any atom is -0.487 e. The van der Waals surface area contributed by atoms with Gasteiger partial charge in [-0.2, -0.15) is 0 Å². The highest BCUT2D eigenvalue weighted by atomic mass is 16.6. The molecule has 164 valence electrons. The van der Waals surface area contributed by atoms with Gasteiger partial charge in [-0.15, -0.1) is 0 Å². The zero-order chi connectivity index (χ0) is 22.4. The molecule has 0 unspecified atom stereocenters. The first kappa shape index (κ1) is 22.2. The molecule has 3 aromatic rings. The van der Waals surface area contributed by atoms with E-state index in [9.17, 15) is 9.59 Å². The zero-order valence-electron chi connectivity index (χ0n) is 18.0. The number of fused-ring (bicyclic) bond motifs is 1. The molecule has 0 radical (unpaired) electrons. The highest BCUT2D eigenvalue weighted by Gasteiger charge is 2.19. The van der Waals surface area contributed by atoms with Gasteiger partial charge >= 0.3 is 6.09 Å². The number of carbonyl (C=O) groups is 2. The Kier molecular flexibility index (Phi) is 6.81. The molecule has 1 heterocycles. The predicted octanol–water partition coefficient (Wildman–Crippen LogP) is 5.06. The lowest BCUT2D eigenvalue weighted by Crippen LogP contribution is -2.27. The molecule has 3 rings (SSSR count). The van der Waals surface area contributed by atoms with Gasteiger partial charge < -0.3 is 23.9 Å². The van der Waals surface area contributed by atoms with Crippen molar-refractivity contribution >= 4 is 34.3 Å². The van der Waals surface area contributed by atoms with E-state index >= 15 is 0 Å². The van der Waals surface area contributed by atoms with Crippen LogP contribution in [0, 0.1) is 0 Å². The molecule has 2 aromatic carbocycles. The van der Waals surface area contributed by atoms with Gasteiger partial charge in [-0.25, -0.2) is 4.79 Å². The molecule has 0 atom stereocenters. The quantitative estimate of drug-likeness (QED) is 0.513. The molecule has 0 aliphatic rings. The van der Waals surface area contributed by atoms with E-state index in [1.807, 2.05) is 12.1 Å². The first-order valence-electron chi connectivity index (χ1n) is 9.81. The van der Waals surface area contributed by atoms with Crippen molar-refractivity contribution in [2.75, 3.05) is 31.0 Å². The highest BCUT2D eigenvalue weighted by Crippen LogP contribution is 2.30. The number of benzene rings is 2. The van der Waals surface area contributed by atoms with E-state index in [1.54, 1.807) is 64.3 Å². The summed E-state index contributed by atoms with van der Waals surface area (Å²) in [4.78, 5) is 24.9. The minimum absolute atomic E-state index is 0.116. The van der Waals surface area contributed by atoms with E-state index in [0.717, 1.165) is 5.39 Å². The summed E-state index contributed by atoms with van der Waals surface area (Å²) in [5, 5.41) is 6.15. The van der Waals surface area contributed by atoms with Crippen LogP contribution < -0.4 is 15.4 Å². The van der Waals surface area contributed by atoms with Crippen LogP contribution >= 0.6 is 0 Å². The number of methoxy groups -OCH3 is 1. The van der Waals surface area contributed by atoms with Crippen molar-refractivity contribution in [3.05, 3.63) is 54.3 Å². The van der Waals surface area contributed by atoms with Crippen molar-refractivity contribution in [3.8, 4) is 5.75 Å². The van der Waals surface area contributed by atoms with Crippen molar-refractivity contribution in [1.82, 2.24) is 0 Å². The standard InChI is InChI=1S/C23H26N2O6/c1-23(2,3)31-22(27)25-17-10-6-5-9-16(17)24-21(26)19-14-15-8-7-11-18(20(15)30-19)29-13-12-28-4/h5-11,14H,12-13H2,1-4H3,(H,24,26)(H,25,27). The van der Waals surface area contributed by atoms with Gasteiger partial charge in [0.1, 0.15) is 12.2 Å². The third-order valence-electron chi connectivity index (χ3n) is 4.09. The summed E-state index contributed by atoms with van der Waals surface area (Å²) in [5.41, 5.74) is 0.656. The summed E-state index contributed by atoms with van der Waals surface area (Å²) >= 11 is 0. The molecule has 31 heavy (non-hydrogen) atoms. The number of nitrogens with one attached hydrogen (secondary N) is 2. The van der Waals surface area contributed by atoms with Crippen molar-refractivity contribution in [2.24, 2.45) is 0 Å². The first-order valence-corrected chi connectivity index (χ1v) is 9.81. The molecular formula is C23H26N2O6. The summed E-state index contributed by atoms with van der Waals surface area (Å²) in [6.07, 6.45) is -0.615. The number of hydrogen-bond acceptors (Lipinski definition) is 6. The van der Waals surface area contributed by atoms with E-state index < -0.39 is 17.6 Å². The zero-order valence-corrected chi connectivity index (χ0v) is 18.0. The molecule has 1 aromatic heterocycles. The Labute approximate surface area is 180 Å². The average molecular weight is 426 g/mol. The van der Waals surface area contributed by atoms with E-state index in [2.05, 4.69) is 10.6 Å². The normalized spacial score (nSPS) is 11.2. The van der Waals surface area contributed by atoms with E-state index in [-0.39, 0.29) is 5.76 Å². The number of furan rings is 1. The first-order chi connectivity index (χ1) is 14.8. The van der Waals surface area contributed by atoms with Crippen molar-refractivity contribution < 1.29 is 28.2 Å². The second-order valence-corrected chi connectivity index (χ2v) is 7.75. The van der Waals surface area contributed by atoms with Gasteiger partial charge in [0.15, 0.2) is 17.1 Å². The lowest BCUT2D eigenvalue weighted by atomic mass is 10.2. The number of ether oxygens (including phenoxy) is 3. The van der Waals surface area contributed by atoms with Crippen LogP contribution in [0.3, 0.4) is 0 Å². The molecule has 0 aliphatic heterocycles. The van der Waals surface area contributed by atoms with Crippen LogP contribution in [0.5, 0.6) is 5.75 Å². The van der Waals surface area contributed by atoms with Crippen LogP contribution in [-0.4, -0.2) is 37.9 Å².